The van der Waals surface area contributed by atoms with Crippen molar-refractivity contribution in [2.45, 2.75) is 6.42 Å². The molecule has 0 aromatic heterocycles. The Balaban J connectivity index is 2.12. The van der Waals surface area contributed by atoms with E-state index in [1.807, 2.05) is 0 Å². The van der Waals surface area contributed by atoms with Gasteiger partial charge in [0, 0.05) is 22.1 Å². The molecule has 3 N–H and O–H groups in total. The number of anilines is 1. The van der Waals surface area contributed by atoms with Gasteiger partial charge in [-0.1, -0.05) is 28.1 Å². The number of hydrogen-bond donors (Lipinski definition) is 3. The van der Waals surface area contributed by atoms with E-state index in [-0.39, 0.29) is 47.8 Å². The van der Waals surface area contributed by atoms with Gasteiger partial charge in [0.25, 0.3) is 5.91 Å². The lowest BCUT2D eigenvalue weighted by atomic mass is 9.97. The molecule has 33 heavy (non-hydrogen) atoms. The van der Waals surface area contributed by atoms with Gasteiger partial charge < -0.3 is 25.2 Å². The number of ketones is 1. The van der Waals surface area contributed by atoms with Gasteiger partial charge in [-0.2, -0.15) is 0 Å². The van der Waals surface area contributed by atoms with Crippen LogP contribution >= 0.6 is 15.9 Å². The highest BCUT2D eigenvalue weighted by Gasteiger charge is 2.35. The highest BCUT2D eigenvalue weighted by molar-refractivity contribution is 9.10. The number of aliphatic hydroxyl groups excluding tert-OH is 1. The summed E-state index contributed by atoms with van der Waals surface area (Å²) in [7, 11) is 1.17. The molecular weight excluding hydrogens is 496 g/mol. The van der Waals surface area contributed by atoms with E-state index < -0.39 is 30.0 Å². The van der Waals surface area contributed by atoms with Gasteiger partial charge in [-0.05, 0) is 35.9 Å². The number of benzene rings is 2. The van der Waals surface area contributed by atoms with Gasteiger partial charge in [-0.3, -0.25) is 14.4 Å². The van der Waals surface area contributed by atoms with E-state index in [9.17, 15) is 29.4 Å². The Labute approximate surface area is 197 Å². The monoisotopic (exact) mass is 516 g/mol. The highest BCUT2D eigenvalue weighted by atomic mass is 79.9. The van der Waals surface area contributed by atoms with Crippen molar-refractivity contribution in [3.63, 3.8) is 0 Å². The number of carbonyl (C=O) groups excluding carboxylic acids is 3. The maximum atomic E-state index is 13.3. The normalized spacial score (nSPS) is 13.3. The molecule has 0 saturated carbocycles. The third kappa shape index (κ3) is 5.29. The standard InChI is InChI=1S/C23H21BrN2O7/c1-33-23(32)17-12-26(9-10-27)22(31)20(17)25-19-14(11-18(28)29)3-2-4-16(19)21(30)13-5-7-15(24)8-6-13/h2-8,25,27H,9-12H2,1H3,(H,28,29). The predicted molar refractivity (Wildman–Crippen MR) is 122 cm³/mol. The molecule has 0 spiro atoms. The van der Waals surface area contributed by atoms with Crippen LogP contribution in [-0.4, -0.2) is 65.5 Å². The maximum Gasteiger partial charge on any atom is 0.337 e. The van der Waals surface area contributed by atoms with E-state index in [4.69, 9.17) is 4.74 Å². The smallest absolute Gasteiger partial charge is 0.337 e. The fourth-order valence-corrected chi connectivity index (χ4v) is 3.74. The summed E-state index contributed by atoms with van der Waals surface area (Å²) in [6.07, 6.45) is -0.417. The topological polar surface area (TPSA) is 133 Å². The van der Waals surface area contributed by atoms with Gasteiger partial charge in [0.2, 0.25) is 0 Å². The average Bonchev–Trinajstić information content (AvgIpc) is 3.09. The lowest BCUT2D eigenvalue weighted by Gasteiger charge is -2.18. The second-order valence-electron chi connectivity index (χ2n) is 7.17. The molecule has 1 heterocycles. The Bertz CT molecular complexity index is 1140. The van der Waals surface area contributed by atoms with Crippen LogP contribution in [0.3, 0.4) is 0 Å². The number of para-hydroxylation sites is 1. The molecule has 1 aliphatic rings. The predicted octanol–water partition coefficient (Wildman–Crippen LogP) is 1.98. The van der Waals surface area contributed by atoms with Crippen molar-refractivity contribution >= 4 is 45.2 Å². The van der Waals surface area contributed by atoms with Crippen LogP contribution in [0.5, 0.6) is 0 Å². The summed E-state index contributed by atoms with van der Waals surface area (Å²) in [5.74, 6) is -2.84. The largest absolute Gasteiger partial charge is 0.481 e. The van der Waals surface area contributed by atoms with Crippen LogP contribution < -0.4 is 5.32 Å². The third-order valence-corrected chi connectivity index (χ3v) is 5.58. The second kappa shape index (κ2) is 10.4. The van der Waals surface area contributed by atoms with Gasteiger partial charge in [-0.25, -0.2) is 4.79 Å². The molecule has 2 aromatic carbocycles. The van der Waals surface area contributed by atoms with Crippen molar-refractivity contribution in [2.75, 3.05) is 32.1 Å². The van der Waals surface area contributed by atoms with Crippen LogP contribution in [0.15, 0.2) is 58.2 Å². The Morgan fingerprint density at radius 1 is 1.15 bits per heavy atom. The molecular formula is C23H21BrN2O7. The van der Waals surface area contributed by atoms with Crippen LogP contribution in [0.25, 0.3) is 0 Å². The number of esters is 1. The van der Waals surface area contributed by atoms with Crippen molar-refractivity contribution in [3.8, 4) is 0 Å². The number of aliphatic hydroxyl groups is 1. The van der Waals surface area contributed by atoms with Gasteiger partial charge in [-0.15, -0.1) is 0 Å². The van der Waals surface area contributed by atoms with Crippen molar-refractivity contribution in [3.05, 3.63) is 74.9 Å². The number of rotatable bonds is 9. The van der Waals surface area contributed by atoms with Crippen LogP contribution in [-0.2, 0) is 25.5 Å². The number of amides is 1. The molecule has 3 rings (SSSR count). The molecule has 0 unspecified atom stereocenters. The van der Waals surface area contributed by atoms with E-state index in [0.717, 1.165) is 4.47 Å². The molecule has 0 bridgehead atoms. The lowest BCUT2D eigenvalue weighted by Crippen LogP contribution is -2.31. The molecule has 0 aliphatic carbocycles. The summed E-state index contributed by atoms with van der Waals surface area (Å²) in [5, 5.41) is 21.5. The van der Waals surface area contributed by atoms with E-state index in [2.05, 4.69) is 21.2 Å². The zero-order valence-electron chi connectivity index (χ0n) is 17.6. The fourth-order valence-electron chi connectivity index (χ4n) is 3.48. The first kappa shape index (κ1) is 24.1. The van der Waals surface area contributed by atoms with Gasteiger partial charge in [0.15, 0.2) is 5.78 Å². The summed E-state index contributed by atoms with van der Waals surface area (Å²) in [6, 6.07) is 11.2. The first-order valence-electron chi connectivity index (χ1n) is 9.89. The average molecular weight is 517 g/mol. The number of methoxy groups -OCH3 is 1. The number of halogens is 1. The summed E-state index contributed by atoms with van der Waals surface area (Å²) in [5.41, 5.74) is 0.761. The van der Waals surface area contributed by atoms with Crippen molar-refractivity contribution < 1.29 is 34.1 Å². The van der Waals surface area contributed by atoms with Crippen molar-refractivity contribution in [1.82, 2.24) is 4.90 Å². The fraction of sp³-hybridized carbons (Fsp3) is 0.217. The number of ether oxygens (including phenoxy) is 1. The van der Waals surface area contributed by atoms with Crippen LogP contribution in [0.2, 0.25) is 0 Å². The molecule has 0 fully saturated rings. The van der Waals surface area contributed by atoms with E-state index >= 15 is 0 Å². The minimum absolute atomic E-state index is 0.00798. The minimum Gasteiger partial charge on any atom is -0.481 e. The summed E-state index contributed by atoms with van der Waals surface area (Å²) < 4.78 is 5.57. The summed E-state index contributed by atoms with van der Waals surface area (Å²) >= 11 is 3.32. The van der Waals surface area contributed by atoms with Crippen LogP contribution in [0.4, 0.5) is 5.69 Å². The molecule has 2 aromatic rings. The van der Waals surface area contributed by atoms with E-state index in [1.54, 1.807) is 30.3 Å². The number of carboxylic acid groups (broad SMARTS) is 1. The maximum absolute atomic E-state index is 13.3. The van der Waals surface area contributed by atoms with Crippen LogP contribution in [0, 0.1) is 0 Å². The van der Waals surface area contributed by atoms with Gasteiger partial charge in [0.05, 0.1) is 37.9 Å². The Kier molecular flexibility index (Phi) is 7.62. The first-order chi connectivity index (χ1) is 15.8. The molecule has 10 heteroatoms. The number of nitrogens with zero attached hydrogens (tertiary/aromatic N) is 1. The number of nitrogens with one attached hydrogen (secondary N) is 1. The quantitative estimate of drug-likeness (QED) is 0.340. The molecule has 0 saturated heterocycles. The Morgan fingerprint density at radius 3 is 2.45 bits per heavy atom. The van der Waals surface area contributed by atoms with Crippen molar-refractivity contribution in [2.24, 2.45) is 0 Å². The number of carboxylic acids is 1. The molecule has 0 atom stereocenters. The lowest BCUT2D eigenvalue weighted by molar-refractivity contribution is -0.137. The highest BCUT2D eigenvalue weighted by Crippen LogP contribution is 2.30. The number of carbonyl (C=O) groups is 4. The second-order valence-corrected chi connectivity index (χ2v) is 8.08. The summed E-state index contributed by atoms with van der Waals surface area (Å²) in [4.78, 5) is 51.2. The number of β-amino-alcohol motifs (C(OH)–C–C–N with tert-alkyl or cyclic N) is 1. The zero-order chi connectivity index (χ0) is 24.1. The first-order valence-corrected chi connectivity index (χ1v) is 10.7. The summed E-state index contributed by atoms with van der Waals surface area (Å²) in [6.45, 7) is -0.409. The van der Waals surface area contributed by atoms with Gasteiger partial charge in [0.1, 0.15) is 5.70 Å². The van der Waals surface area contributed by atoms with Crippen LogP contribution in [0.1, 0.15) is 21.5 Å². The number of hydrogen-bond acceptors (Lipinski definition) is 7. The Hall–Kier alpha value is -3.50. The molecule has 1 amide bonds. The molecule has 1 aliphatic heterocycles. The SMILES string of the molecule is COC(=O)C1=C(Nc2c(CC(=O)O)cccc2C(=O)c2ccc(Br)cc2)C(=O)N(CCO)C1. The molecule has 9 nitrogen and oxygen atoms in total. The van der Waals surface area contributed by atoms with E-state index in [1.165, 1.54) is 24.1 Å². The van der Waals surface area contributed by atoms with E-state index in [0.29, 0.717) is 5.56 Å². The molecule has 172 valence electrons. The number of aliphatic carboxylic acids is 1. The van der Waals surface area contributed by atoms with Crippen molar-refractivity contribution in [1.29, 1.82) is 0 Å². The Morgan fingerprint density at radius 2 is 1.85 bits per heavy atom. The molecule has 0 radical (unpaired) electrons. The van der Waals surface area contributed by atoms with Gasteiger partial charge >= 0.3 is 11.9 Å². The third-order valence-electron chi connectivity index (χ3n) is 5.05. The minimum atomic E-state index is -1.13. The zero-order valence-corrected chi connectivity index (χ0v) is 19.2.